The highest BCUT2D eigenvalue weighted by Crippen LogP contribution is 2.24. The lowest BCUT2D eigenvalue weighted by atomic mass is 10.2. The number of hydrogen-bond donors (Lipinski definition) is 1. The molecule has 8 heteroatoms. The maximum atomic E-state index is 13.2. The molecule has 0 aliphatic carbocycles. The summed E-state index contributed by atoms with van der Waals surface area (Å²) in [6.07, 6.45) is 0. The molecular weight excluding hydrogens is 408 g/mol. The van der Waals surface area contributed by atoms with Gasteiger partial charge in [-0.2, -0.15) is 5.26 Å². The first kappa shape index (κ1) is 20.6. The molecule has 146 valence electrons. The van der Waals surface area contributed by atoms with Gasteiger partial charge in [0.05, 0.1) is 22.3 Å². The number of halogens is 1. The minimum absolute atomic E-state index is 0.0816. The van der Waals surface area contributed by atoms with Crippen molar-refractivity contribution in [3.8, 4) is 11.8 Å². The molecule has 0 spiro atoms. The van der Waals surface area contributed by atoms with E-state index in [1.54, 1.807) is 24.3 Å². The molecule has 0 aliphatic heterocycles. The lowest BCUT2D eigenvalue weighted by Gasteiger charge is -2.13. The summed E-state index contributed by atoms with van der Waals surface area (Å²) in [7, 11) is 0. The molecular formula is C21H17ClN4O2S. The van der Waals surface area contributed by atoms with E-state index in [-0.39, 0.29) is 22.6 Å². The van der Waals surface area contributed by atoms with Gasteiger partial charge in [0, 0.05) is 10.7 Å². The van der Waals surface area contributed by atoms with Gasteiger partial charge in [0.2, 0.25) is 0 Å². The van der Waals surface area contributed by atoms with E-state index >= 15 is 0 Å². The number of rotatable bonds is 5. The number of fused-ring (bicyclic) bond motifs is 1. The molecule has 3 rings (SSSR count). The van der Waals surface area contributed by atoms with Crippen LogP contribution in [0.5, 0.6) is 0 Å². The molecule has 2 N–H and O–H groups in total. The second-order valence-electron chi connectivity index (χ2n) is 6.42. The number of allylic oxidation sites excluding steroid dienone is 2. The lowest BCUT2D eigenvalue weighted by Crippen LogP contribution is -2.22. The fourth-order valence-electron chi connectivity index (χ4n) is 2.80. The number of benzene rings is 2. The van der Waals surface area contributed by atoms with Gasteiger partial charge in [0.1, 0.15) is 11.6 Å². The number of nitriles is 1. The number of hydrogen-bond acceptors (Lipinski definition) is 6. The van der Waals surface area contributed by atoms with Crippen LogP contribution in [0.4, 0.5) is 0 Å². The van der Waals surface area contributed by atoms with E-state index in [1.807, 2.05) is 31.2 Å². The molecule has 0 amide bonds. The van der Waals surface area contributed by atoms with E-state index in [9.17, 15) is 9.59 Å². The van der Waals surface area contributed by atoms with E-state index < -0.39 is 5.78 Å². The average molecular weight is 425 g/mol. The zero-order valence-electron chi connectivity index (χ0n) is 15.8. The third-order valence-corrected chi connectivity index (χ3v) is 5.35. The third kappa shape index (κ3) is 4.34. The summed E-state index contributed by atoms with van der Waals surface area (Å²) in [4.78, 5) is 30.2. The highest BCUT2D eigenvalue weighted by atomic mass is 35.5. The molecule has 1 heterocycles. The number of thioether (sulfide) groups is 1. The van der Waals surface area contributed by atoms with Crippen molar-refractivity contribution >= 4 is 40.0 Å². The van der Waals surface area contributed by atoms with Crippen LogP contribution < -0.4 is 11.3 Å². The summed E-state index contributed by atoms with van der Waals surface area (Å²) in [5, 5.41) is 10.3. The van der Waals surface area contributed by atoms with Crippen molar-refractivity contribution in [2.75, 3.05) is 5.75 Å². The third-order valence-electron chi connectivity index (χ3n) is 4.18. The minimum atomic E-state index is -0.422. The van der Waals surface area contributed by atoms with Crippen LogP contribution in [0.1, 0.15) is 12.5 Å². The average Bonchev–Trinajstić information content (AvgIpc) is 2.66. The Morgan fingerprint density at radius 1 is 1.31 bits per heavy atom. The van der Waals surface area contributed by atoms with Crippen LogP contribution >= 0.6 is 23.4 Å². The maximum Gasteiger partial charge on any atom is 0.266 e. The van der Waals surface area contributed by atoms with Crippen molar-refractivity contribution in [3.63, 3.8) is 0 Å². The first-order chi connectivity index (χ1) is 13.8. The van der Waals surface area contributed by atoms with Crippen LogP contribution in [0.25, 0.3) is 16.6 Å². The number of ketones is 1. The SMILES string of the molecule is C/C(N)=C(/C#N)C(=O)CSc1nc2cc(Cl)ccc2c(=O)n1-c1cccc(C)c1. The van der Waals surface area contributed by atoms with Crippen LogP contribution in [-0.2, 0) is 4.79 Å². The first-order valence-corrected chi connectivity index (χ1v) is 10.00. The monoisotopic (exact) mass is 424 g/mol. The van der Waals surface area contributed by atoms with Crippen LogP contribution in [0.15, 0.2) is 63.7 Å². The number of carbonyl (C=O) groups excluding carboxylic acids is 1. The van der Waals surface area contributed by atoms with E-state index in [4.69, 9.17) is 22.6 Å². The molecule has 0 saturated carbocycles. The summed E-state index contributed by atoms with van der Waals surface area (Å²) in [6.45, 7) is 3.42. The quantitative estimate of drug-likeness (QED) is 0.289. The Labute approximate surface area is 176 Å². The van der Waals surface area contributed by atoms with Crippen molar-refractivity contribution in [1.82, 2.24) is 9.55 Å². The highest BCUT2D eigenvalue weighted by Gasteiger charge is 2.17. The topological polar surface area (TPSA) is 102 Å². The van der Waals surface area contributed by atoms with Gasteiger partial charge in [-0.15, -0.1) is 0 Å². The smallest absolute Gasteiger partial charge is 0.266 e. The second kappa shape index (κ2) is 8.52. The normalized spacial score (nSPS) is 11.8. The van der Waals surface area contributed by atoms with Crippen molar-refractivity contribution in [3.05, 3.63) is 74.7 Å². The van der Waals surface area contributed by atoms with Gasteiger partial charge < -0.3 is 5.73 Å². The molecule has 1 aromatic heterocycles. The van der Waals surface area contributed by atoms with E-state index in [0.29, 0.717) is 26.8 Å². The van der Waals surface area contributed by atoms with Gasteiger partial charge in [-0.25, -0.2) is 4.98 Å². The highest BCUT2D eigenvalue weighted by molar-refractivity contribution is 7.99. The Hall–Kier alpha value is -3.08. The summed E-state index contributed by atoms with van der Waals surface area (Å²) in [5.74, 6) is -0.504. The predicted molar refractivity (Wildman–Crippen MR) is 115 cm³/mol. The molecule has 0 atom stereocenters. The van der Waals surface area contributed by atoms with Crippen LogP contribution in [0, 0.1) is 18.3 Å². The Balaban J connectivity index is 2.15. The molecule has 0 bridgehead atoms. The number of nitrogens with two attached hydrogens (primary N) is 1. The largest absolute Gasteiger partial charge is 0.401 e. The number of carbonyl (C=O) groups is 1. The molecule has 0 radical (unpaired) electrons. The molecule has 2 aromatic carbocycles. The zero-order valence-corrected chi connectivity index (χ0v) is 17.3. The molecule has 29 heavy (non-hydrogen) atoms. The standard InChI is InChI=1S/C21H17ClN4O2S/c1-12-4-3-5-15(8-12)26-20(28)16-7-6-14(22)9-18(16)25-21(26)29-11-19(27)17(10-23)13(2)24/h3-9H,11,24H2,1-2H3/b17-13+. The number of aryl methyl sites for hydroxylation is 1. The number of aromatic nitrogens is 2. The Morgan fingerprint density at radius 3 is 2.72 bits per heavy atom. The minimum Gasteiger partial charge on any atom is -0.401 e. The first-order valence-electron chi connectivity index (χ1n) is 8.63. The second-order valence-corrected chi connectivity index (χ2v) is 7.80. The van der Waals surface area contributed by atoms with Crippen molar-refractivity contribution in [2.45, 2.75) is 19.0 Å². The Bertz CT molecular complexity index is 1250. The van der Waals surface area contributed by atoms with Gasteiger partial charge in [-0.05, 0) is 49.7 Å². The Kier molecular flexibility index (Phi) is 6.06. The molecule has 0 fully saturated rings. The molecule has 0 unspecified atom stereocenters. The van der Waals surface area contributed by atoms with E-state index in [1.165, 1.54) is 11.5 Å². The van der Waals surface area contributed by atoms with Crippen molar-refractivity contribution in [1.29, 1.82) is 5.26 Å². The van der Waals surface area contributed by atoms with Crippen LogP contribution in [0.2, 0.25) is 5.02 Å². The molecule has 0 aliphatic rings. The van der Waals surface area contributed by atoms with Crippen molar-refractivity contribution in [2.24, 2.45) is 5.73 Å². The summed E-state index contributed by atoms with van der Waals surface area (Å²) in [5.41, 5.74) is 7.47. The van der Waals surface area contributed by atoms with Gasteiger partial charge in [-0.3, -0.25) is 14.2 Å². The zero-order chi connectivity index (χ0) is 21.1. The molecule has 3 aromatic rings. The van der Waals surface area contributed by atoms with Gasteiger partial charge in [0.15, 0.2) is 10.9 Å². The Morgan fingerprint density at radius 2 is 2.07 bits per heavy atom. The predicted octanol–water partition coefficient (Wildman–Crippen LogP) is 3.77. The molecule has 0 saturated heterocycles. The number of nitrogens with zero attached hydrogens (tertiary/aromatic N) is 3. The van der Waals surface area contributed by atoms with Crippen LogP contribution in [-0.4, -0.2) is 21.1 Å². The van der Waals surface area contributed by atoms with E-state index in [2.05, 4.69) is 4.98 Å². The van der Waals surface area contributed by atoms with Gasteiger partial charge in [0.25, 0.3) is 5.56 Å². The summed E-state index contributed by atoms with van der Waals surface area (Å²) < 4.78 is 1.46. The molecule has 6 nitrogen and oxygen atoms in total. The fourth-order valence-corrected chi connectivity index (χ4v) is 3.85. The number of Topliss-reactive ketones (excluding diaryl/α,β-unsaturated/α-hetero) is 1. The van der Waals surface area contributed by atoms with E-state index in [0.717, 1.165) is 17.3 Å². The summed E-state index contributed by atoms with van der Waals surface area (Å²) >= 11 is 7.13. The fraction of sp³-hybridized carbons (Fsp3) is 0.143. The summed E-state index contributed by atoms with van der Waals surface area (Å²) in [6, 6.07) is 14.1. The lowest BCUT2D eigenvalue weighted by molar-refractivity contribution is -0.112. The van der Waals surface area contributed by atoms with Crippen LogP contribution in [0.3, 0.4) is 0 Å². The van der Waals surface area contributed by atoms with Gasteiger partial charge >= 0.3 is 0 Å². The van der Waals surface area contributed by atoms with Crippen molar-refractivity contribution < 1.29 is 4.79 Å². The maximum absolute atomic E-state index is 13.2. The van der Waals surface area contributed by atoms with Gasteiger partial charge in [-0.1, -0.05) is 35.5 Å².